The number of nitrogens with one attached hydrogen (secondary N) is 1. The zero-order valence-electron chi connectivity index (χ0n) is 15.2. The lowest BCUT2D eigenvalue weighted by Gasteiger charge is -2.07. The van der Waals surface area contributed by atoms with Gasteiger partial charge in [-0.3, -0.25) is 14.9 Å². The van der Waals surface area contributed by atoms with E-state index in [9.17, 15) is 14.9 Å². The lowest BCUT2D eigenvalue weighted by molar-refractivity contribution is -0.383. The lowest BCUT2D eigenvalue weighted by atomic mass is 10.1. The number of benzene rings is 2. The molecule has 0 saturated carbocycles. The van der Waals surface area contributed by atoms with Crippen molar-refractivity contribution in [3.63, 3.8) is 0 Å². The maximum Gasteiger partial charge on any atom is 0.294 e. The zero-order valence-corrected chi connectivity index (χ0v) is 15.9. The summed E-state index contributed by atoms with van der Waals surface area (Å²) in [5.41, 5.74) is 1.90. The topological polar surface area (TPSA) is 94.6 Å². The third kappa shape index (κ3) is 4.69. The molecule has 28 heavy (non-hydrogen) atoms. The number of ether oxygens (including phenoxy) is 1. The predicted octanol–water partition coefficient (Wildman–Crippen LogP) is 5.29. The molecule has 2 aromatic carbocycles. The van der Waals surface area contributed by atoms with Crippen molar-refractivity contribution in [2.45, 2.75) is 20.5 Å². The Morgan fingerprint density at radius 2 is 1.86 bits per heavy atom. The maximum atomic E-state index is 12.3. The number of rotatable bonds is 6. The Bertz CT molecular complexity index is 1020. The molecule has 1 aromatic heterocycles. The van der Waals surface area contributed by atoms with Gasteiger partial charge in [0.25, 0.3) is 11.6 Å². The number of anilines is 1. The van der Waals surface area contributed by atoms with Crippen LogP contribution in [-0.4, -0.2) is 10.8 Å². The molecule has 144 valence electrons. The first-order valence-electron chi connectivity index (χ1n) is 8.37. The van der Waals surface area contributed by atoms with E-state index in [1.165, 1.54) is 24.3 Å². The van der Waals surface area contributed by atoms with Crippen LogP contribution in [0.2, 0.25) is 5.02 Å². The molecule has 8 heteroatoms. The summed E-state index contributed by atoms with van der Waals surface area (Å²) in [7, 11) is 0. The second-order valence-electron chi connectivity index (χ2n) is 6.25. The fourth-order valence-electron chi connectivity index (χ4n) is 2.69. The van der Waals surface area contributed by atoms with Crippen molar-refractivity contribution in [2.75, 3.05) is 5.32 Å². The van der Waals surface area contributed by atoms with Crippen LogP contribution >= 0.6 is 11.6 Å². The van der Waals surface area contributed by atoms with Gasteiger partial charge in [0, 0.05) is 11.1 Å². The van der Waals surface area contributed by atoms with Crippen molar-refractivity contribution < 1.29 is 18.9 Å². The Labute approximate surface area is 166 Å². The quantitative estimate of drug-likeness (QED) is 0.448. The van der Waals surface area contributed by atoms with Gasteiger partial charge < -0.3 is 14.5 Å². The van der Waals surface area contributed by atoms with Crippen LogP contribution in [0.25, 0.3) is 0 Å². The molecule has 0 aliphatic carbocycles. The third-order valence-corrected chi connectivity index (χ3v) is 4.10. The predicted molar refractivity (Wildman–Crippen MR) is 105 cm³/mol. The average molecular weight is 401 g/mol. The molecule has 1 amide bonds. The highest BCUT2D eigenvalue weighted by Crippen LogP contribution is 2.28. The largest absolute Gasteiger partial charge is 0.486 e. The summed E-state index contributed by atoms with van der Waals surface area (Å²) in [5, 5.41) is 13.8. The fourth-order valence-corrected chi connectivity index (χ4v) is 2.86. The van der Waals surface area contributed by atoms with E-state index >= 15 is 0 Å². The highest BCUT2D eigenvalue weighted by Gasteiger charge is 2.19. The number of nitro groups is 1. The maximum absolute atomic E-state index is 12.3. The first kappa shape index (κ1) is 19.4. The van der Waals surface area contributed by atoms with E-state index < -0.39 is 10.8 Å². The van der Waals surface area contributed by atoms with E-state index in [1.807, 2.05) is 32.0 Å². The second kappa shape index (κ2) is 8.14. The summed E-state index contributed by atoms with van der Waals surface area (Å²) in [6.07, 6.45) is 0. The van der Waals surface area contributed by atoms with Crippen LogP contribution in [0.3, 0.4) is 0 Å². The van der Waals surface area contributed by atoms with Gasteiger partial charge in [0.15, 0.2) is 5.76 Å². The molecule has 0 bridgehead atoms. The third-order valence-electron chi connectivity index (χ3n) is 3.87. The number of carbonyl (C=O) groups excluding carboxylic acids is 1. The molecular weight excluding hydrogens is 384 g/mol. The molecule has 0 aliphatic heterocycles. The number of furan rings is 1. The number of hydrogen-bond acceptors (Lipinski definition) is 5. The molecule has 0 unspecified atom stereocenters. The number of amides is 1. The first-order chi connectivity index (χ1) is 13.3. The van der Waals surface area contributed by atoms with Crippen molar-refractivity contribution in [3.05, 3.63) is 86.3 Å². The Hall–Kier alpha value is -3.32. The number of carbonyl (C=O) groups is 1. The summed E-state index contributed by atoms with van der Waals surface area (Å²) >= 11 is 5.77. The standard InChI is InChI=1S/C20H17ClN2O5/c1-12-7-13(2)9-16(8-12)27-11-15-4-6-19(28-15)20(24)22-17-5-3-14(21)10-18(17)23(25)26/h3-10H,11H2,1-2H3,(H,22,24). The average Bonchev–Trinajstić information content (AvgIpc) is 3.09. The number of nitrogens with zero attached hydrogens (tertiary/aromatic N) is 1. The van der Waals surface area contributed by atoms with Crippen LogP contribution in [0.5, 0.6) is 5.75 Å². The number of halogens is 1. The first-order valence-corrected chi connectivity index (χ1v) is 8.75. The van der Waals surface area contributed by atoms with E-state index in [-0.39, 0.29) is 28.8 Å². The van der Waals surface area contributed by atoms with Crippen LogP contribution in [-0.2, 0) is 6.61 Å². The summed E-state index contributed by atoms with van der Waals surface area (Å²) < 4.78 is 11.2. The number of nitro benzene ring substituents is 1. The van der Waals surface area contributed by atoms with Gasteiger partial charge in [0.2, 0.25) is 0 Å². The normalized spacial score (nSPS) is 10.5. The highest BCUT2D eigenvalue weighted by atomic mass is 35.5. The molecule has 3 rings (SSSR count). The van der Waals surface area contributed by atoms with Gasteiger partial charge in [-0.1, -0.05) is 17.7 Å². The van der Waals surface area contributed by atoms with E-state index in [1.54, 1.807) is 6.07 Å². The van der Waals surface area contributed by atoms with Crippen LogP contribution in [0.4, 0.5) is 11.4 Å². The minimum Gasteiger partial charge on any atom is -0.486 e. The molecule has 0 saturated heterocycles. The van der Waals surface area contributed by atoms with Crippen LogP contribution < -0.4 is 10.1 Å². The van der Waals surface area contributed by atoms with Crippen LogP contribution in [0.1, 0.15) is 27.4 Å². The monoisotopic (exact) mass is 400 g/mol. The molecule has 0 atom stereocenters. The zero-order chi connectivity index (χ0) is 20.3. The Balaban J connectivity index is 1.68. The van der Waals surface area contributed by atoms with Gasteiger partial charge in [0.05, 0.1) is 4.92 Å². The summed E-state index contributed by atoms with van der Waals surface area (Å²) in [6, 6.07) is 12.9. The molecule has 0 fully saturated rings. The van der Waals surface area contributed by atoms with E-state index in [0.29, 0.717) is 11.5 Å². The molecule has 0 spiro atoms. The van der Waals surface area contributed by atoms with Crippen LogP contribution in [0.15, 0.2) is 52.9 Å². The minimum absolute atomic E-state index is 0.0169. The minimum atomic E-state index is -0.618. The van der Waals surface area contributed by atoms with E-state index in [0.717, 1.165) is 11.1 Å². The second-order valence-corrected chi connectivity index (χ2v) is 6.69. The van der Waals surface area contributed by atoms with Crippen LogP contribution in [0, 0.1) is 24.0 Å². The van der Waals surface area contributed by atoms with Gasteiger partial charge in [-0.15, -0.1) is 0 Å². The highest BCUT2D eigenvalue weighted by molar-refractivity contribution is 6.31. The Morgan fingerprint density at radius 3 is 2.54 bits per heavy atom. The van der Waals surface area contributed by atoms with Gasteiger partial charge in [-0.25, -0.2) is 0 Å². The lowest BCUT2D eigenvalue weighted by Crippen LogP contribution is -2.12. The van der Waals surface area contributed by atoms with Gasteiger partial charge in [-0.05, 0) is 61.4 Å². The molecule has 0 radical (unpaired) electrons. The van der Waals surface area contributed by atoms with Crippen molar-refractivity contribution in [1.29, 1.82) is 0 Å². The Kier molecular flexibility index (Phi) is 5.65. The number of hydrogen-bond donors (Lipinski definition) is 1. The summed E-state index contributed by atoms with van der Waals surface area (Å²) in [4.78, 5) is 22.9. The van der Waals surface area contributed by atoms with Crippen molar-refractivity contribution in [1.82, 2.24) is 0 Å². The molecule has 7 nitrogen and oxygen atoms in total. The number of aryl methyl sites for hydroxylation is 2. The van der Waals surface area contributed by atoms with Gasteiger partial charge >= 0.3 is 0 Å². The molecule has 3 aromatic rings. The summed E-state index contributed by atoms with van der Waals surface area (Å²) in [6.45, 7) is 4.10. The van der Waals surface area contributed by atoms with Crippen molar-refractivity contribution >= 4 is 28.9 Å². The fraction of sp³-hybridized carbons (Fsp3) is 0.150. The summed E-state index contributed by atoms with van der Waals surface area (Å²) in [5.74, 6) is 0.568. The van der Waals surface area contributed by atoms with Gasteiger partial charge in [0.1, 0.15) is 23.8 Å². The van der Waals surface area contributed by atoms with Gasteiger partial charge in [-0.2, -0.15) is 0 Å². The Morgan fingerprint density at radius 1 is 1.14 bits per heavy atom. The van der Waals surface area contributed by atoms with Crippen molar-refractivity contribution in [2.24, 2.45) is 0 Å². The van der Waals surface area contributed by atoms with Crippen molar-refractivity contribution in [3.8, 4) is 5.75 Å². The smallest absolute Gasteiger partial charge is 0.294 e. The molecule has 0 aliphatic rings. The molecule has 1 heterocycles. The van der Waals surface area contributed by atoms with E-state index in [4.69, 9.17) is 20.8 Å². The molecular formula is C20H17ClN2O5. The molecule has 1 N–H and O–H groups in total. The SMILES string of the molecule is Cc1cc(C)cc(OCc2ccc(C(=O)Nc3ccc(Cl)cc3[N+](=O)[O-])o2)c1. The van der Waals surface area contributed by atoms with E-state index in [2.05, 4.69) is 5.32 Å².